The minimum atomic E-state index is 0.493. The van der Waals surface area contributed by atoms with Gasteiger partial charge in [0.1, 0.15) is 5.76 Å². The first-order valence-electron chi connectivity index (χ1n) is 4.56. The lowest BCUT2D eigenvalue weighted by molar-refractivity contribution is 0.337. The normalized spacial score (nSPS) is 28.5. The molecule has 2 unspecified atom stereocenters. The number of aryl methyl sites for hydroxylation is 1. The van der Waals surface area contributed by atoms with E-state index < -0.39 is 0 Å². The van der Waals surface area contributed by atoms with Crippen LogP contribution in [0.5, 0.6) is 0 Å². The zero-order valence-corrected chi connectivity index (χ0v) is 7.63. The SMILES string of the molecule is CNC1c2ccoc2CCC1C. The molecule has 0 bridgehead atoms. The molecule has 0 saturated heterocycles. The van der Waals surface area contributed by atoms with Crippen molar-refractivity contribution < 1.29 is 4.42 Å². The maximum absolute atomic E-state index is 5.40. The van der Waals surface area contributed by atoms with Crippen LogP contribution in [0.1, 0.15) is 30.7 Å². The molecule has 0 saturated carbocycles. The van der Waals surface area contributed by atoms with Gasteiger partial charge in [-0.2, -0.15) is 0 Å². The largest absolute Gasteiger partial charge is 0.469 e. The summed E-state index contributed by atoms with van der Waals surface area (Å²) in [7, 11) is 2.02. The Bertz CT molecular complexity index is 267. The van der Waals surface area contributed by atoms with E-state index in [9.17, 15) is 0 Å². The average molecular weight is 165 g/mol. The minimum absolute atomic E-state index is 0.493. The summed E-state index contributed by atoms with van der Waals surface area (Å²) in [5, 5.41) is 3.34. The topological polar surface area (TPSA) is 25.2 Å². The highest BCUT2D eigenvalue weighted by Crippen LogP contribution is 2.34. The highest BCUT2D eigenvalue weighted by molar-refractivity contribution is 5.24. The van der Waals surface area contributed by atoms with Gasteiger partial charge in [0.25, 0.3) is 0 Å². The predicted octanol–water partition coefficient (Wildman–Crippen LogP) is 2.12. The van der Waals surface area contributed by atoms with Gasteiger partial charge >= 0.3 is 0 Å². The molecule has 0 aliphatic heterocycles. The summed E-state index contributed by atoms with van der Waals surface area (Å²) in [5.41, 5.74) is 1.36. The van der Waals surface area contributed by atoms with Crippen molar-refractivity contribution in [2.45, 2.75) is 25.8 Å². The zero-order chi connectivity index (χ0) is 8.55. The second kappa shape index (κ2) is 2.94. The molecular weight excluding hydrogens is 150 g/mol. The summed E-state index contributed by atoms with van der Waals surface area (Å²) in [4.78, 5) is 0. The van der Waals surface area contributed by atoms with Gasteiger partial charge in [0.05, 0.1) is 6.26 Å². The average Bonchev–Trinajstić information content (AvgIpc) is 2.52. The molecular formula is C10H15NO. The monoisotopic (exact) mass is 165 g/mol. The molecule has 2 atom stereocenters. The fourth-order valence-electron chi connectivity index (χ4n) is 2.10. The van der Waals surface area contributed by atoms with Crippen LogP contribution in [0.25, 0.3) is 0 Å². The lowest BCUT2D eigenvalue weighted by Crippen LogP contribution is -2.27. The van der Waals surface area contributed by atoms with Crippen molar-refractivity contribution >= 4 is 0 Å². The molecule has 0 spiro atoms. The van der Waals surface area contributed by atoms with Crippen molar-refractivity contribution in [3.05, 3.63) is 23.7 Å². The second-order valence-corrected chi connectivity index (χ2v) is 3.58. The van der Waals surface area contributed by atoms with Gasteiger partial charge in [0, 0.05) is 18.0 Å². The summed E-state index contributed by atoms with van der Waals surface area (Å²) in [6.07, 6.45) is 4.13. The Morgan fingerprint density at radius 3 is 3.17 bits per heavy atom. The molecule has 2 heteroatoms. The van der Waals surface area contributed by atoms with E-state index in [1.807, 2.05) is 7.05 Å². The van der Waals surface area contributed by atoms with Gasteiger partial charge in [-0.05, 0) is 25.5 Å². The Balaban J connectivity index is 2.34. The number of hydrogen-bond donors (Lipinski definition) is 1. The summed E-state index contributed by atoms with van der Waals surface area (Å²) < 4.78 is 5.40. The van der Waals surface area contributed by atoms with Crippen molar-refractivity contribution in [1.82, 2.24) is 5.32 Å². The Hall–Kier alpha value is -0.760. The van der Waals surface area contributed by atoms with Gasteiger partial charge in [0.2, 0.25) is 0 Å². The minimum Gasteiger partial charge on any atom is -0.469 e. The third-order valence-corrected chi connectivity index (χ3v) is 2.82. The van der Waals surface area contributed by atoms with E-state index in [4.69, 9.17) is 4.42 Å². The fraction of sp³-hybridized carbons (Fsp3) is 0.600. The third-order valence-electron chi connectivity index (χ3n) is 2.82. The fourth-order valence-corrected chi connectivity index (χ4v) is 2.10. The molecule has 0 radical (unpaired) electrons. The van der Waals surface area contributed by atoms with Crippen molar-refractivity contribution in [3.8, 4) is 0 Å². The lowest BCUT2D eigenvalue weighted by atomic mass is 9.85. The quantitative estimate of drug-likeness (QED) is 0.689. The number of fused-ring (bicyclic) bond motifs is 1. The molecule has 1 heterocycles. The number of hydrogen-bond acceptors (Lipinski definition) is 2. The molecule has 66 valence electrons. The molecule has 0 fully saturated rings. The molecule has 1 aromatic rings. The van der Waals surface area contributed by atoms with Gasteiger partial charge < -0.3 is 9.73 Å². The van der Waals surface area contributed by atoms with E-state index in [1.54, 1.807) is 6.26 Å². The van der Waals surface area contributed by atoms with Crippen LogP contribution in [-0.2, 0) is 6.42 Å². The Kier molecular flexibility index (Phi) is 1.93. The Morgan fingerprint density at radius 2 is 2.42 bits per heavy atom. The van der Waals surface area contributed by atoms with E-state index in [1.165, 1.54) is 17.7 Å². The van der Waals surface area contributed by atoms with Gasteiger partial charge in [-0.25, -0.2) is 0 Å². The first-order chi connectivity index (χ1) is 5.83. The van der Waals surface area contributed by atoms with Crippen molar-refractivity contribution in [2.24, 2.45) is 5.92 Å². The summed E-state index contributed by atoms with van der Waals surface area (Å²) in [5.74, 6) is 1.90. The number of nitrogens with one attached hydrogen (secondary N) is 1. The molecule has 1 N–H and O–H groups in total. The van der Waals surface area contributed by atoms with Crippen LogP contribution in [0.2, 0.25) is 0 Å². The van der Waals surface area contributed by atoms with Crippen LogP contribution in [0.15, 0.2) is 16.7 Å². The summed E-state index contributed by atoms with van der Waals surface area (Å²) >= 11 is 0. The molecule has 1 aliphatic carbocycles. The van der Waals surface area contributed by atoms with Gasteiger partial charge in [-0.1, -0.05) is 6.92 Å². The lowest BCUT2D eigenvalue weighted by Gasteiger charge is -2.27. The zero-order valence-electron chi connectivity index (χ0n) is 7.63. The molecule has 1 aliphatic rings. The van der Waals surface area contributed by atoms with Crippen molar-refractivity contribution in [2.75, 3.05) is 7.05 Å². The Morgan fingerprint density at radius 1 is 1.58 bits per heavy atom. The number of rotatable bonds is 1. The third kappa shape index (κ3) is 1.07. The van der Waals surface area contributed by atoms with E-state index in [0.29, 0.717) is 6.04 Å². The van der Waals surface area contributed by atoms with E-state index >= 15 is 0 Å². The molecule has 1 aromatic heterocycles. The standard InChI is InChI=1S/C10H15NO/c1-7-3-4-9-8(5-6-12-9)10(7)11-2/h5-7,10-11H,3-4H2,1-2H3. The van der Waals surface area contributed by atoms with Crippen LogP contribution >= 0.6 is 0 Å². The van der Waals surface area contributed by atoms with Crippen LogP contribution in [0, 0.1) is 5.92 Å². The second-order valence-electron chi connectivity index (χ2n) is 3.58. The highest BCUT2D eigenvalue weighted by atomic mass is 16.3. The van der Waals surface area contributed by atoms with Crippen LogP contribution in [0.4, 0.5) is 0 Å². The van der Waals surface area contributed by atoms with Gasteiger partial charge in [0.15, 0.2) is 0 Å². The first kappa shape index (κ1) is 7.87. The van der Waals surface area contributed by atoms with Crippen LogP contribution in [-0.4, -0.2) is 7.05 Å². The molecule has 12 heavy (non-hydrogen) atoms. The van der Waals surface area contributed by atoms with E-state index in [-0.39, 0.29) is 0 Å². The van der Waals surface area contributed by atoms with Crippen molar-refractivity contribution in [1.29, 1.82) is 0 Å². The maximum atomic E-state index is 5.40. The smallest absolute Gasteiger partial charge is 0.108 e. The molecule has 2 nitrogen and oxygen atoms in total. The van der Waals surface area contributed by atoms with Gasteiger partial charge in [-0.15, -0.1) is 0 Å². The summed E-state index contributed by atoms with van der Waals surface area (Å²) in [6, 6.07) is 2.58. The molecule has 0 amide bonds. The molecule has 2 rings (SSSR count). The van der Waals surface area contributed by atoms with Gasteiger partial charge in [-0.3, -0.25) is 0 Å². The number of furan rings is 1. The molecule has 0 aromatic carbocycles. The first-order valence-corrected chi connectivity index (χ1v) is 4.56. The highest BCUT2D eigenvalue weighted by Gasteiger charge is 2.26. The predicted molar refractivity (Wildman–Crippen MR) is 48.0 cm³/mol. The van der Waals surface area contributed by atoms with Crippen LogP contribution in [0.3, 0.4) is 0 Å². The summed E-state index contributed by atoms with van der Waals surface area (Å²) in [6.45, 7) is 2.29. The van der Waals surface area contributed by atoms with E-state index in [2.05, 4.69) is 18.3 Å². The van der Waals surface area contributed by atoms with Crippen LogP contribution < -0.4 is 5.32 Å². The van der Waals surface area contributed by atoms with Crippen molar-refractivity contribution in [3.63, 3.8) is 0 Å². The maximum Gasteiger partial charge on any atom is 0.108 e. The van der Waals surface area contributed by atoms with E-state index in [0.717, 1.165) is 12.3 Å². The Labute approximate surface area is 73.0 Å².